The van der Waals surface area contributed by atoms with Crippen LogP contribution in [0.25, 0.3) is 0 Å². The van der Waals surface area contributed by atoms with Crippen molar-refractivity contribution in [3.05, 3.63) is 35.6 Å². The Kier molecular flexibility index (Phi) is 3.60. The highest BCUT2D eigenvalue weighted by molar-refractivity contribution is 7.92. The number of aliphatic hydroxyl groups is 1. The minimum atomic E-state index is -3.63. The normalized spacial score (nSPS) is 29.1. The first-order valence-electron chi connectivity index (χ1n) is 6.12. The molecule has 0 radical (unpaired) electrons. The van der Waals surface area contributed by atoms with E-state index in [1.54, 1.807) is 0 Å². The van der Waals surface area contributed by atoms with E-state index >= 15 is 0 Å². The van der Waals surface area contributed by atoms with Gasteiger partial charge in [0.1, 0.15) is 11.2 Å². The van der Waals surface area contributed by atoms with E-state index in [1.807, 2.05) is 0 Å². The van der Waals surface area contributed by atoms with Crippen molar-refractivity contribution < 1.29 is 27.8 Å². The van der Waals surface area contributed by atoms with Gasteiger partial charge in [-0.25, -0.2) is 12.8 Å². The second-order valence-corrected chi connectivity index (χ2v) is 7.32. The number of hydrogen-bond donors (Lipinski definition) is 2. The van der Waals surface area contributed by atoms with Crippen LogP contribution in [0.2, 0.25) is 0 Å². The predicted octanol–water partition coefficient (Wildman–Crippen LogP) is 0.790. The van der Waals surface area contributed by atoms with Crippen molar-refractivity contribution in [2.45, 2.75) is 18.1 Å². The molecule has 1 aromatic rings. The highest BCUT2D eigenvalue weighted by Gasteiger charge is 2.75. The molecule has 2 rings (SSSR count). The van der Waals surface area contributed by atoms with E-state index in [1.165, 1.54) is 19.1 Å². The molecule has 0 saturated heterocycles. The lowest BCUT2D eigenvalue weighted by Crippen LogP contribution is -2.28. The maximum atomic E-state index is 12.9. The van der Waals surface area contributed by atoms with Crippen molar-refractivity contribution >= 4 is 15.8 Å². The highest BCUT2D eigenvalue weighted by Crippen LogP contribution is 2.63. The summed E-state index contributed by atoms with van der Waals surface area (Å²) in [5, 5.41) is 17.6. The Morgan fingerprint density at radius 2 is 1.90 bits per heavy atom. The van der Waals surface area contributed by atoms with Gasteiger partial charge in [-0.2, -0.15) is 0 Å². The van der Waals surface area contributed by atoms with E-state index in [-0.39, 0.29) is 5.75 Å². The molecule has 0 aliphatic heterocycles. The van der Waals surface area contributed by atoms with Crippen LogP contribution in [0.5, 0.6) is 0 Å². The van der Waals surface area contributed by atoms with E-state index in [2.05, 4.69) is 0 Å². The third-order valence-electron chi connectivity index (χ3n) is 3.93. The van der Waals surface area contributed by atoms with Gasteiger partial charge in [0, 0.05) is 11.7 Å². The Morgan fingerprint density at radius 1 is 1.35 bits per heavy atom. The molecular formula is C13H15FO5S. The first-order valence-corrected chi connectivity index (χ1v) is 7.84. The molecule has 0 unspecified atom stereocenters. The second kappa shape index (κ2) is 4.82. The number of carboxylic acid groups (broad SMARTS) is 1. The zero-order valence-electron chi connectivity index (χ0n) is 10.8. The predicted molar refractivity (Wildman–Crippen MR) is 69.5 cm³/mol. The minimum absolute atomic E-state index is 0.204. The van der Waals surface area contributed by atoms with Gasteiger partial charge < -0.3 is 10.2 Å². The Morgan fingerprint density at radius 3 is 2.30 bits per heavy atom. The Hall–Kier alpha value is -1.47. The van der Waals surface area contributed by atoms with E-state index in [9.17, 15) is 27.8 Å². The van der Waals surface area contributed by atoms with E-state index in [0.717, 1.165) is 12.1 Å². The maximum Gasteiger partial charge on any atom is 0.314 e. The number of hydrogen-bond acceptors (Lipinski definition) is 4. The molecule has 2 N–H and O–H groups in total. The monoisotopic (exact) mass is 302 g/mol. The van der Waals surface area contributed by atoms with Crippen LogP contribution in [-0.2, 0) is 14.6 Å². The largest absolute Gasteiger partial charge is 0.481 e. The van der Waals surface area contributed by atoms with E-state index < -0.39 is 44.8 Å². The van der Waals surface area contributed by atoms with Crippen molar-refractivity contribution in [1.29, 1.82) is 0 Å². The summed E-state index contributed by atoms with van der Waals surface area (Å²) >= 11 is 0. The van der Waals surface area contributed by atoms with Gasteiger partial charge in [0.15, 0.2) is 9.84 Å². The molecule has 7 heteroatoms. The Bertz CT molecular complexity index is 625. The summed E-state index contributed by atoms with van der Waals surface area (Å²) in [4.78, 5) is 11.4. The van der Waals surface area contributed by atoms with Gasteiger partial charge in [0.2, 0.25) is 0 Å². The van der Waals surface area contributed by atoms with E-state index in [0.29, 0.717) is 5.56 Å². The van der Waals surface area contributed by atoms with Crippen molar-refractivity contribution in [1.82, 2.24) is 0 Å². The van der Waals surface area contributed by atoms with Gasteiger partial charge in [0.25, 0.3) is 0 Å². The zero-order valence-corrected chi connectivity index (χ0v) is 11.6. The van der Waals surface area contributed by atoms with Gasteiger partial charge in [-0.3, -0.25) is 4.79 Å². The number of carboxylic acids is 1. The molecule has 3 atom stereocenters. The van der Waals surface area contributed by atoms with Crippen LogP contribution in [0.3, 0.4) is 0 Å². The third kappa shape index (κ3) is 2.01. The summed E-state index contributed by atoms with van der Waals surface area (Å²) in [5.74, 6) is -2.90. The molecular weight excluding hydrogens is 287 g/mol. The molecule has 1 aromatic carbocycles. The van der Waals surface area contributed by atoms with Crippen molar-refractivity contribution in [2.24, 2.45) is 5.41 Å². The second-order valence-electron chi connectivity index (χ2n) is 4.90. The molecule has 1 aliphatic carbocycles. The number of carbonyl (C=O) groups is 1. The van der Waals surface area contributed by atoms with Crippen molar-refractivity contribution in [2.75, 3.05) is 12.4 Å². The minimum Gasteiger partial charge on any atom is -0.481 e. The Labute approximate surface area is 116 Å². The molecule has 20 heavy (non-hydrogen) atoms. The fourth-order valence-corrected chi connectivity index (χ4v) is 4.82. The number of halogens is 1. The average Bonchev–Trinajstić information content (AvgIpc) is 3.11. The molecule has 1 fully saturated rings. The smallest absolute Gasteiger partial charge is 0.314 e. The summed E-state index contributed by atoms with van der Waals surface area (Å²) in [6.45, 7) is 0.660. The lowest BCUT2D eigenvalue weighted by molar-refractivity contribution is -0.145. The lowest BCUT2D eigenvalue weighted by atomic mass is 10.0. The summed E-state index contributed by atoms with van der Waals surface area (Å²) < 4.78 is 37.0. The Balaban J connectivity index is 2.50. The molecule has 0 spiro atoms. The van der Waals surface area contributed by atoms with Crippen LogP contribution in [0.1, 0.15) is 18.4 Å². The molecule has 1 saturated carbocycles. The fraction of sp³-hybridized carbons (Fsp3) is 0.462. The average molecular weight is 302 g/mol. The summed E-state index contributed by atoms with van der Waals surface area (Å²) in [6.07, 6.45) is 0. The number of aliphatic carboxylic acids is 1. The van der Waals surface area contributed by atoms with Crippen LogP contribution in [-0.4, -0.2) is 42.2 Å². The molecule has 1 aliphatic rings. The van der Waals surface area contributed by atoms with Crippen LogP contribution < -0.4 is 0 Å². The van der Waals surface area contributed by atoms with Crippen LogP contribution in [0.15, 0.2) is 24.3 Å². The van der Waals surface area contributed by atoms with Gasteiger partial charge in [-0.15, -0.1) is 0 Å². The molecule has 0 aromatic heterocycles. The van der Waals surface area contributed by atoms with Crippen LogP contribution >= 0.6 is 0 Å². The quantitative estimate of drug-likeness (QED) is 0.839. The number of sulfone groups is 1. The molecule has 110 valence electrons. The number of rotatable bonds is 5. The first kappa shape index (κ1) is 14.9. The molecule has 0 heterocycles. The van der Waals surface area contributed by atoms with E-state index in [4.69, 9.17) is 0 Å². The van der Waals surface area contributed by atoms with Gasteiger partial charge in [0.05, 0.1) is 11.9 Å². The standard InChI is InChI=1S/C13H15FO5S/c1-2-20(18,19)11-10(13(11,7-15)12(16)17)8-3-5-9(14)6-4-8/h3-6,10-11,15H,2,7H2,1H3,(H,16,17)/t10-,11-,13+/m0/s1. The number of benzene rings is 1. The van der Waals surface area contributed by atoms with Gasteiger partial charge in [-0.05, 0) is 17.7 Å². The summed E-state index contributed by atoms with van der Waals surface area (Å²) in [5.41, 5.74) is -1.32. The topological polar surface area (TPSA) is 91.7 Å². The SMILES string of the molecule is CCS(=O)(=O)[C@H]1[C@H](c2ccc(F)cc2)[C@@]1(CO)C(=O)O. The molecule has 0 bridgehead atoms. The summed E-state index contributed by atoms with van der Waals surface area (Å²) in [6, 6.07) is 5.01. The van der Waals surface area contributed by atoms with Crippen molar-refractivity contribution in [3.8, 4) is 0 Å². The third-order valence-corrected chi connectivity index (χ3v) is 6.21. The number of aliphatic hydroxyl groups excluding tert-OH is 1. The maximum absolute atomic E-state index is 12.9. The first-order chi connectivity index (χ1) is 9.31. The van der Waals surface area contributed by atoms with Gasteiger partial charge >= 0.3 is 5.97 Å². The molecule has 0 amide bonds. The zero-order chi connectivity index (χ0) is 15.1. The lowest BCUT2D eigenvalue weighted by Gasteiger charge is -2.08. The van der Waals surface area contributed by atoms with Crippen LogP contribution in [0.4, 0.5) is 4.39 Å². The summed E-state index contributed by atoms with van der Waals surface area (Å²) in [7, 11) is -3.63. The van der Waals surface area contributed by atoms with Crippen LogP contribution in [0, 0.1) is 11.2 Å². The van der Waals surface area contributed by atoms with Gasteiger partial charge in [-0.1, -0.05) is 19.1 Å². The van der Waals surface area contributed by atoms with Crippen molar-refractivity contribution in [3.63, 3.8) is 0 Å². The highest BCUT2D eigenvalue weighted by atomic mass is 32.2. The molecule has 5 nitrogen and oxygen atoms in total. The fourth-order valence-electron chi connectivity index (χ4n) is 2.77.